The Hall–Kier alpha value is -2.09. The summed E-state index contributed by atoms with van der Waals surface area (Å²) >= 11 is 6.20. The Balaban J connectivity index is 2.35. The summed E-state index contributed by atoms with van der Waals surface area (Å²) in [6.45, 7) is 5.65. The van der Waals surface area contributed by atoms with Gasteiger partial charge in [0, 0.05) is 17.6 Å². The summed E-state index contributed by atoms with van der Waals surface area (Å²) in [4.78, 5) is 12.4. The van der Waals surface area contributed by atoms with Crippen LogP contribution in [0, 0.1) is 0 Å². The number of benzene rings is 2. The molecule has 6 nitrogen and oxygen atoms in total. The van der Waals surface area contributed by atoms with Crippen LogP contribution < -0.4 is 10.1 Å². The molecule has 0 saturated carbocycles. The van der Waals surface area contributed by atoms with Crippen molar-refractivity contribution in [1.29, 1.82) is 0 Å². The standard InChI is InChI=1S/C20H25ClN2O4S/c1-4-27-17-9-11-18(12-10-17)28(25,26)23(14-20(24)22-15(2)3)13-16-7-5-6-8-19(16)21/h5-12,15H,4,13-14H2,1-3H3,(H,22,24). The van der Waals surface area contributed by atoms with Crippen molar-refractivity contribution in [2.24, 2.45) is 0 Å². The van der Waals surface area contributed by atoms with E-state index in [0.29, 0.717) is 22.9 Å². The third kappa shape index (κ3) is 5.95. The highest BCUT2D eigenvalue weighted by molar-refractivity contribution is 7.89. The molecule has 0 heterocycles. The molecule has 2 rings (SSSR count). The number of sulfonamides is 1. The SMILES string of the molecule is CCOc1ccc(S(=O)(=O)N(CC(=O)NC(C)C)Cc2ccccc2Cl)cc1. The summed E-state index contributed by atoms with van der Waals surface area (Å²) in [5.41, 5.74) is 0.621. The van der Waals surface area contributed by atoms with Crippen molar-refractivity contribution >= 4 is 27.5 Å². The Morgan fingerprint density at radius 2 is 1.79 bits per heavy atom. The summed E-state index contributed by atoms with van der Waals surface area (Å²) < 4.78 is 32.9. The van der Waals surface area contributed by atoms with Gasteiger partial charge in [0.05, 0.1) is 18.0 Å². The largest absolute Gasteiger partial charge is 0.494 e. The van der Waals surface area contributed by atoms with E-state index in [0.717, 1.165) is 4.31 Å². The summed E-state index contributed by atoms with van der Waals surface area (Å²) in [5.74, 6) is 0.202. The maximum Gasteiger partial charge on any atom is 0.243 e. The molecule has 0 aliphatic carbocycles. The number of ether oxygens (including phenoxy) is 1. The van der Waals surface area contributed by atoms with Crippen LogP contribution in [0.4, 0.5) is 0 Å². The molecule has 0 unspecified atom stereocenters. The van der Waals surface area contributed by atoms with E-state index < -0.39 is 10.0 Å². The van der Waals surface area contributed by atoms with Crippen LogP contribution in [0.5, 0.6) is 5.75 Å². The number of carbonyl (C=O) groups is 1. The Morgan fingerprint density at radius 1 is 1.14 bits per heavy atom. The molecule has 0 fully saturated rings. The molecular formula is C20H25ClN2O4S. The quantitative estimate of drug-likeness (QED) is 0.668. The number of hydrogen-bond acceptors (Lipinski definition) is 4. The second-order valence-corrected chi connectivity index (χ2v) is 8.84. The van der Waals surface area contributed by atoms with Crippen LogP contribution in [0.2, 0.25) is 5.02 Å². The predicted molar refractivity (Wildman–Crippen MR) is 110 cm³/mol. The van der Waals surface area contributed by atoms with Crippen LogP contribution in [0.1, 0.15) is 26.3 Å². The summed E-state index contributed by atoms with van der Waals surface area (Å²) in [5, 5.41) is 3.17. The van der Waals surface area contributed by atoms with Gasteiger partial charge in [-0.1, -0.05) is 29.8 Å². The van der Waals surface area contributed by atoms with Gasteiger partial charge in [-0.15, -0.1) is 0 Å². The molecule has 0 saturated heterocycles. The smallest absolute Gasteiger partial charge is 0.243 e. The average Bonchev–Trinajstić information content (AvgIpc) is 2.63. The molecule has 2 aromatic rings. The van der Waals surface area contributed by atoms with Gasteiger partial charge in [-0.05, 0) is 56.7 Å². The fourth-order valence-electron chi connectivity index (χ4n) is 2.59. The number of nitrogens with zero attached hydrogens (tertiary/aromatic N) is 1. The molecule has 8 heteroatoms. The van der Waals surface area contributed by atoms with E-state index in [9.17, 15) is 13.2 Å². The predicted octanol–water partition coefficient (Wildman–Crippen LogP) is 3.45. The highest BCUT2D eigenvalue weighted by atomic mass is 35.5. The zero-order valence-electron chi connectivity index (χ0n) is 16.2. The number of hydrogen-bond donors (Lipinski definition) is 1. The van der Waals surface area contributed by atoms with Crippen molar-refractivity contribution in [3.05, 3.63) is 59.1 Å². The van der Waals surface area contributed by atoms with Gasteiger partial charge in [0.15, 0.2) is 0 Å². The van der Waals surface area contributed by atoms with Crippen molar-refractivity contribution in [1.82, 2.24) is 9.62 Å². The molecule has 152 valence electrons. The Labute approximate surface area is 171 Å². The fourth-order valence-corrected chi connectivity index (χ4v) is 4.16. The minimum atomic E-state index is -3.92. The lowest BCUT2D eigenvalue weighted by Gasteiger charge is -2.23. The van der Waals surface area contributed by atoms with Crippen LogP contribution in [0.3, 0.4) is 0 Å². The van der Waals surface area contributed by atoms with E-state index in [1.54, 1.807) is 36.4 Å². The summed E-state index contributed by atoms with van der Waals surface area (Å²) in [6, 6.07) is 13.0. The lowest BCUT2D eigenvalue weighted by molar-refractivity contribution is -0.121. The van der Waals surface area contributed by atoms with E-state index in [2.05, 4.69) is 5.32 Å². The van der Waals surface area contributed by atoms with Crippen LogP contribution in [-0.2, 0) is 21.4 Å². The average molecular weight is 425 g/mol. The fraction of sp³-hybridized carbons (Fsp3) is 0.350. The normalized spacial score (nSPS) is 11.6. The van der Waals surface area contributed by atoms with Crippen LogP contribution in [-0.4, -0.2) is 37.8 Å². The second kappa shape index (κ2) is 9.91. The van der Waals surface area contributed by atoms with Crippen LogP contribution in [0.25, 0.3) is 0 Å². The molecule has 0 radical (unpaired) electrons. The third-order valence-corrected chi connectivity index (χ3v) is 6.02. The highest BCUT2D eigenvalue weighted by Gasteiger charge is 2.27. The van der Waals surface area contributed by atoms with Crippen molar-refractivity contribution in [3.63, 3.8) is 0 Å². The second-order valence-electron chi connectivity index (χ2n) is 6.49. The lowest BCUT2D eigenvalue weighted by Crippen LogP contribution is -2.42. The minimum Gasteiger partial charge on any atom is -0.494 e. The maximum atomic E-state index is 13.2. The molecular weight excluding hydrogens is 400 g/mol. The van der Waals surface area contributed by atoms with Gasteiger partial charge < -0.3 is 10.1 Å². The van der Waals surface area contributed by atoms with E-state index in [1.165, 1.54) is 12.1 Å². The monoisotopic (exact) mass is 424 g/mol. The van der Waals surface area contributed by atoms with E-state index >= 15 is 0 Å². The first-order chi connectivity index (χ1) is 13.2. The third-order valence-electron chi connectivity index (χ3n) is 3.85. The molecule has 0 spiro atoms. The van der Waals surface area contributed by atoms with E-state index in [1.807, 2.05) is 20.8 Å². The van der Waals surface area contributed by atoms with Gasteiger partial charge in [0.2, 0.25) is 15.9 Å². The van der Waals surface area contributed by atoms with Crippen LogP contribution >= 0.6 is 11.6 Å². The molecule has 1 amide bonds. The first kappa shape index (κ1) is 22.2. The molecule has 2 aromatic carbocycles. The highest BCUT2D eigenvalue weighted by Crippen LogP contribution is 2.24. The zero-order valence-corrected chi connectivity index (χ0v) is 17.8. The van der Waals surface area contributed by atoms with Gasteiger partial charge in [-0.25, -0.2) is 8.42 Å². The Morgan fingerprint density at radius 3 is 2.36 bits per heavy atom. The van der Waals surface area contributed by atoms with Crippen molar-refractivity contribution in [2.45, 2.75) is 38.3 Å². The molecule has 0 aromatic heterocycles. The molecule has 0 aliphatic rings. The van der Waals surface area contributed by atoms with Gasteiger partial charge in [-0.2, -0.15) is 4.31 Å². The zero-order chi connectivity index (χ0) is 20.7. The van der Waals surface area contributed by atoms with Gasteiger partial charge in [0.25, 0.3) is 0 Å². The first-order valence-corrected chi connectivity index (χ1v) is 10.8. The van der Waals surface area contributed by atoms with Crippen molar-refractivity contribution < 1.29 is 17.9 Å². The number of nitrogens with one attached hydrogen (secondary N) is 1. The van der Waals surface area contributed by atoms with E-state index in [-0.39, 0.29) is 29.9 Å². The number of rotatable bonds is 9. The van der Waals surface area contributed by atoms with Crippen LogP contribution in [0.15, 0.2) is 53.4 Å². The number of amides is 1. The summed E-state index contributed by atoms with van der Waals surface area (Å²) in [7, 11) is -3.92. The first-order valence-electron chi connectivity index (χ1n) is 8.99. The van der Waals surface area contributed by atoms with Gasteiger partial charge >= 0.3 is 0 Å². The molecule has 0 bridgehead atoms. The number of halogens is 1. The van der Waals surface area contributed by atoms with Gasteiger partial charge in [0.1, 0.15) is 5.75 Å². The lowest BCUT2D eigenvalue weighted by atomic mass is 10.2. The molecule has 28 heavy (non-hydrogen) atoms. The molecule has 0 atom stereocenters. The van der Waals surface area contributed by atoms with Crippen molar-refractivity contribution in [3.8, 4) is 5.75 Å². The summed E-state index contributed by atoms with van der Waals surface area (Å²) in [6.07, 6.45) is 0. The molecule has 0 aliphatic heterocycles. The van der Waals surface area contributed by atoms with Gasteiger partial charge in [-0.3, -0.25) is 4.79 Å². The minimum absolute atomic E-state index is 0.0132. The molecule has 1 N–H and O–H groups in total. The Bertz CT molecular complexity index is 899. The topological polar surface area (TPSA) is 75.7 Å². The Kier molecular flexibility index (Phi) is 7.86. The van der Waals surface area contributed by atoms with E-state index in [4.69, 9.17) is 16.3 Å². The maximum absolute atomic E-state index is 13.2. The number of carbonyl (C=O) groups excluding carboxylic acids is 1. The van der Waals surface area contributed by atoms with Crippen molar-refractivity contribution in [2.75, 3.05) is 13.2 Å².